The lowest BCUT2D eigenvalue weighted by molar-refractivity contribution is 0.602. The first-order valence-electron chi connectivity index (χ1n) is 5.98. The molecule has 5 nitrogen and oxygen atoms in total. The highest BCUT2D eigenvalue weighted by Gasteiger charge is 2.05. The fourth-order valence-electron chi connectivity index (χ4n) is 1.47. The predicted molar refractivity (Wildman–Crippen MR) is 85.0 cm³/mol. The van der Waals surface area contributed by atoms with Crippen molar-refractivity contribution in [2.45, 2.75) is 6.92 Å². The van der Waals surface area contributed by atoms with Gasteiger partial charge >= 0.3 is 0 Å². The van der Waals surface area contributed by atoms with Crippen molar-refractivity contribution >= 4 is 44.3 Å². The first-order valence-corrected chi connectivity index (χ1v) is 8.51. The summed E-state index contributed by atoms with van der Waals surface area (Å²) in [6.07, 6.45) is 3.75. The second-order valence-electron chi connectivity index (χ2n) is 4.07. The van der Waals surface area contributed by atoms with Gasteiger partial charge in [0.05, 0.1) is 11.4 Å². The monoisotopic (exact) mass is 309 g/mol. The molecule has 7 heteroatoms. The van der Waals surface area contributed by atoms with Crippen molar-refractivity contribution in [3.63, 3.8) is 0 Å². The molecule has 0 aliphatic rings. The van der Waals surface area contributed by atoms with Crippen LogP contribution in [0.2, 0.25) is 0 Å². The van der Waals surface area contributed by atoms with Crippen LogP contribution in [0.5, 0.6) is 0 Å². The summed E-state index contributed by atoms with van der Waals surface area (Å²) >= 11 is 1.39. The van der Waals surface area contributed by atoms with Crippen LogP contribution in [-0.4, -0.2) is 19.2 Å². The Balaban J connectivity index is 2.07. The Labute approximate surface area is 122 Å². The zero-order chi connectivity index (χ0) is 14.6. The minimum atomic E-state index is -3.23. The number of hydrogen-bond donors (Lipinski definition) is 2. The van der Waals surface area contributed by atoms with Crippen LogP contribution in [0.15, 0.2) is 29.6 Å². The molecule has 2 aromatic rings. The number of anilines is 2. The lowest BCUT2D eigenvalue weighted by Gasteiger charge is -2.05. The quantitative estimate of drug-likeness (QED) is 0.889. The molecule has 0 spiro atoms. The SMILES string of the molecule is CCS(=O)(=O)Nc1ccc(C=Cc2csc(N)n2)cc1. The Morgan fingerprint density at radius 3 is 2.55 bits per heavy atom. The molecule has 0 atom stereocenters. The van der Waals surface area contributed by atoms with Gasteiger partial charge in [-0.2, -0.15) is 0 Å². The summed E-state index contributed by atoms with van der Waals surface area (Å²) in [6, 6.07) is 7.12. The second kappa shape index (κ2) is 6.06. The van der Waals surface area contributed by atoms with Gasteiger partial charge in [-0.25, -0.2) is 13.4 Å². The molecule has 0 saturated carbocycles. The van der Waals surface area contributed by atoms with Gasteiger partial charge in [0, 0.05) is 11.1 Å². The smallest absolute Gasteiger partial charge is 0.232 e. The highest BCUT2D eigenvalue weighted by Crippen LogP contribution is 2.16. The maximum absolute atomic E-state index is 11.4. The molecule has 20 heavy (non-hydrogen) atoms. The standard InChI is InChI=1S/C13H15N3O2S2/c1-2-20(17,18)16-11-6-3-10(4-7-11)5-8-12-9-19-13(14)15-12/h3-9,16H,2H2,1H3,(H2,14,15). The summed E-state index contributed by atoms with van der Waals surface area (Å²) < 4.78 is 25.3. The summed E-state index contributed by atoms with van der Waals surface area (Å²) in [4.78, 5) is 4.12. The number of nitrogen functional groups attached to an aromatic ring is 1. The van der Waals surface area contributed by atoms with Crippen molar-refractivity contribution in [1.29, 1.82) is 0 Å². The van der Waals surface area contributed by atoms with Crippen LogP contribution in [0.1, 0.15) is 18.2 Å². The first-order chi connectivity index (χ1) is 9.48. The van der Waals surface area contributed by atoms with Crippen LogP contribution in [0.3, 0.4) is 0 Å². The highest BCUT2D eigenvalue weighted by atomic mass is 32.2. The molecule has 3 N–H and O–H groups in total. The topological polar surface area (TPSA) is 85.1 Å². The molecule has 1 heterocycles. The number of hydrogen-bond acceptors (Lipinski definition) is 5. The van der Waals surface area contributed by atoms with Gasteiger partial charge in [0.2, 0.25) is 10.0 Å². The minimum absolute atomic E-state index is 0.0555. The number of nitrogens with one attached hydrogen (secondary N) is 1. The summed E-state index contributed by atoms with van der Waals surface area (Å²) in [5.74, 6) is 0.0555. The molecule has 106 valence electrons. The van der Waals surface area contributed by atoms with Crippen molar-refractivity contribution in [2.24, 2.45) is 0 Å². The van der Waals surface area contributed by atoms with Crippen LogP contribution < -0.4 is 10.5 Å². The maximum atomic E-state index is 11.4. The van der Waals surface area contributed by atoms with E-state index in [0.29, 0.717) is 10.8 Å². The van der Waals surface area contributed by atoms with Crippen molar-refractivity contribution in [3.8, 4) is 0 Å². The van der Waals surface area contributed by atoms with E-state index in [-0.39, 0.29) is 5.75 Å². The first kappa shape index (κ1) is 14.5. The van der Waals surface area contributed by atoms with E-state index >= 15 is 0 Å². The number of aromatic nitrogens is 1. The molecule has 0 unspecified atom stereocenters. The lowest BCUT2D eigenvalue weighted by atomic mass is 10.2. The lowest BCUT2D eigenvalue weighted by Crippen LogP contribution is -2.14. The van der Waals surface area contributed by atoms with E-state index in [2.05, 4.69) is 9.71 Å². The number of thiazole rings is 1. The van der Waals surface area contributed by atoms with E-state index in [1.54, 1.807) is 19.1 Å². The molecule has 0 fully saturated rings. The van der Waals surface area contributed by atoms with Crippen LogP contribution >= 0.6 is 11.3 Å². The van der Waals surface area contributed by atoms with E-state index in [4.69, 9.17) is 5.73 Å². The van der Waals surface area contributed by atoms with Gasteiger partial charge < -0.3 is 5.73 Å². The number of nitrogens with zero attached hydrogens (tertiary/aromatic N) is 1. The number of rotatable bonds is 5. The van der Waals surface area contributed by atoms with Crippen LogP contribution in [-0.2, 0) is 10.0 Å². The molecule has 0 radical (unpaired) electrons. The number of sulfonamides is 1. The molecule has 1 aromatic heterocycles. The Morgan fingerprint density at radius 2 is 2.00 bits per heavy atom. The van der Waals surface area contributed by atoms with E-state index in [1.165, 1.54) is 11.3 Å². The van der Waals surface area contributed by atoms with Crippen molar-refractivity contribution < 1.29 is 8.42 Å². The average Bonchev–Trinajstić information content (AvgIpc) is 2.83. The largest absolute Gasteiger partial charge is 0.375 e. The fourth-order valence-corrected chi connectivity index (χ4v) is 2.64. The zero-order valence-electron chi connectivity index (χ0n) is 10.9. The Kier molecular flexibility index (Phi) is 4.41. The van der Waals surface area contributed by atoms with Crippen molar-refractivity contribution in [3.05, 3.63) is 40.9 Å². The molecule has 0 aliphatic heterocycles. The predicted octanol–water partition coefficient (Wildman–Crippen LogP) is 2.66. The number of nitrogens with two attached hydrogens (primary N) is 1. The van der Waals surface area contributed by atoms with Crippen LogP contribution in [0, 0.1) is 0 Å². The molecular weight excluding hydrogens is 294 g/mol. The molecular formula is C13H15N3O2S2. The van der Waals surface area contributed by atoms with Crippen LogP contribution in [0.4, 0.5) is 10.8 Å². The molecule has 1 aromatic carbocycles. The third-order valence-electron chi connectivity index (χ3n) is 2.55. The zero-order valence-corrected chi connectivity index (χ0v) is 12.5. The van der Waals surface area contributed by atoms with E-state index in [1.807, 2.05) is 29.7 Å². The van der Waals surface area contributed by atoms with Gasteiger partial charge in [-0.15, -0.1) is 11.3 Å². The second-order valence-corrected chi connectivity index (χ2v) is 6.97. The van der Waals surface area contributed by atoms with Gasteiger partial charge in [-0.1, -0.05) is 18.2 Å². The summed E-state index contributed by atoms with van der Waals surface area (Å²) in [7, 11) is -3.23. The van der Waals surface area contributed by atoms with Crippen molar-refractivity contribution in [1.82, 2.24) is 4.98 Å². The Hall–Kier alpha value is -1.86. The fraction of sp³-hybridized carbons (Fsp3) is 0.154. The van der Waals surface area contributed by atoms with Crippen LogP contribution in [0.25, 0.3) is 12.2 Å². The normalized spacial score (nSPS) is 11.8. The molecule has 0 saturated heterocycles. The van der Waals surface area contributed by atoms with Gasteiger partial charge in [-0.05, 0) is 30.7 Å². The third kappa shape index (κ3) is 4.07. The Morgan fingerprint density at radius 1 is 1.30 bits per heavy atom. The highest BCUT2D eigenvalue weighted by molar-refractivity contribution is 7.92. The minimum Gasteiger partial charge on any atom is -0.375 e. The van der Waals surface area contributed by atoms with Gasteiger partial charge in [-0.3, -0.25) is 4.72 Å². The molecule has 2 rings (SSSR count). The third-order valence-corrected chi connectivity index (χ3v) is 4.55. The van der Waals surface area contributed by atoms with Crippen molar-refractivity contribution in [2.75, 3.05) is 16.2 Å². The summed E-state index contributed by atoms with van der Waals surface area (Å²) in [5, 5.41) is 2.41. The van der Waals surface area contributed by atoms with E-state index in [9.17, 15) is 8.42 Å². The molecule has 0 bridgehead atoms. The van der Waals surface area contributed by atoms with Gasteiger partial charge in [0.15, 0.2) is 5.13 Å². The van der Waals surface area contributed by atoms with E-state index in [0.717, 1.165) is 11.3 Å². The average molecular weight is 309 g/mol. The molecule has 0 amide bonds. The molecule has 0 aliphatic carbocycles. The summed E-state index contributed by atoms with van der Waals surface area (Å²) in [5.41, 5.74) is 7.87. The van der Waals surface area contributed by atoms with Gasteiger partial charge in [0.25, 0.3) is 0 Å². The van der Waals surface area contributed by atoms with Gasteiger partial charge in [0.1, 0.15) is 0 Å². The number of benzene rings is 1. The summed E-state index contributed by atoms with van der Waals surface area (Å²) in [6.45, 7) is 1.60. The van der Waals surface area contributed by atoms with E-state index < -0.39 is 10.0 Å². The maximum Gasteiger partial charge on any atom is 0.232 e. The Bertz CT molecular complexity index is 703.